The Labute approximate surface area is 126 Å². The van der Waals surface area contributed by atoms with Gasteiger partial charge in [-0.25, -0.2) is 18.3 Å². The van der Waals surface area contributed by atoms with Gasteiger partial charge in [0.15, 0.2) is 0 Å². The fourth-order valence-electron chi connectivity index (χ4n) is 1.70. The molecule has 0 fully saturated rings. The van der Waals surface area contributed by atoms with E-state index in [4.69, 9.17) is 5.14 Å². The summed E-state index contributed by atoms with van der Waals surface area (Å²) in [4.78, 5) is 0.0630. The van der Waals surface area contributed by atoms with Gasteiger partial charge in [-0.1, -0.05) is 12.1 Å². The number of nitrogens with one attached hydrogen (secondary N) is 2. The molecule has 1 aromatic carbocycles. The number of aryl methyl sites for hydroxylation is 1. The van der Waals surface area contributed by atoms with E-state index in [0.29, 0.717) is 19.4 Å². The molecule has 0 aliphatic heterocycles. The minimum absolute atomic E-state index is 0.0630. The van der Waals surface area contributed by atoms with Crippen molar-refractivity contribution in [1.82, 2.24) is 9.44 Å². The molecule has 0 radical (unpaired) electrons. The van der Waals surface area contributed by atoms with Crippen molar-refractivity contribution >= 4 is 20.2 Å². The Kier molecular flexibility index (Phi) is 6.29. The molecule has 0 heterocycles. The number of sulfonamides is 1. The first-order chi connectivity index (χ1) is 9.60. The number of rotatable bonds is 8. The molecule has 0 bridgehead atoms. The van der Waals surface area contributed by atoms with Gasteiger partial charge in [-0.15, -0.1) is 0 Å². The molecule has 0 atom stereocenters. The zero-order chi connectivity index (χ0) is 16.1. The van der Waals surface area contributed by atoms with Crippen LogP contribution in [0.1, 0.15) is 25.8 Å². The van der Waals surface area contributed by atoms with Crippen LogP contribution in [0.25, 0.3) is 0 Å². The van der Waals surface area contributed by atoms with Gasteiger partial charge in [0.25, 0.3) is 10.2 Å². The van der Waals surface area contributed by atoms with Crippen LogP contribution >= 0.6 is 0 Å². The van der Waals surface area contributed by atoms with Crippen LogP contribution in [-0.4, -0.2) is 29.4 Å². The average molecular weight is 335 g/mol. The highest BCUT2D eigenvalue weighted by molar-refractivity contribution is 7.89. The van der Waals surface area contributed by atoms with Crippen molar-refractivity contribution < 1.29 is 16.8 Å². The van der Waals surface area contributed by atoms with E-state index < -0.39 is 20.2 Å². The van der Waals surface area contributed by atoms with Crippen molar-refractivity contribution in [2.45, 2.75) is 37.6 Å². The highest BCUT2D eigenvalue weighted by atomic mass is 32.2. The van der Waals surface area contributed by atoms with E-state index in [9.17, 15) is 16.8 Å². The Morgan fingerprint density at radius 2 is 1.67 bits per heavy atom. The molecule has 120 valence electrons. The molecule has 1 rings (SSSR count). The predicted molar refractivity (Wildman–Crippen MR) is 81.3 cm³/mol. The van der Waals surface area contributed by atoms with E-state index in [1.807, 2.05) is 0 Å². The summed E-state index contributed by atoms with van der Waals surface area (Å²) in [5.74, 6) is 0. The normalized spacial score (nSPS) is 12.8. The lowest BCUT2D eigenvalue weighted by atomic mass is 10.1. The van der Waals surface area contributed by atoms with Gasteiger partial charge >= 0.3 is 0 Å². The zero-order valence-corrected chi connectivity index (χ0v) is 13.7. The molecule has 21 heavy (non-hydrogen) atoms. The van der Waals surface area contributed by atoms with Crippen LogP contribution in [-0.2, 0) is 26.7 Å². The Bertz CT molecular complexity index is 652. The fourth-order valence-corrected chi connectivity index (χ4v) is 3.33. The van der Waals surface area contributed by atoms with Gasteiger partial charge in [0.05, 0.1) is 4.90 Å². The number of hydrogen-bond acceptors (Lipinski definition) is 4. The van der Waals surface area contributed by atoms with Crippen molar-refractivity contribution in [2.75, 3.05) is 6.54 Å². The molecule has 0 amide bonds. The van der Waals surface area contributed by atoms with E-state index in [1.165, 1.54) is 12.1 Å². The van der Waals surface area contributed by atoms with Gasteiger partial charge in [-0.2, -0.15) is 13.1 Å². The molecule has 4 N–H and O–H groups in total. The van der Waals surface area contributed by atoms with Gasteiger partial charge in [0, 0.05) is 12.6 Å². The SMILES string of the molecule is CC(C)NS(=O)(=O)NCCCc1ccc(S(N)(=O)=O)cc1. The molecule has 0 unspecified atom stereocenters. The number of hydrogen-bond donors (Lipinski definition) is 3. The molecule has 7 nitrogen and oxygen atoms in total. The quantitative estimate of drug-likeness (QED) is 0.584. The molecule has 0 aliphatic carbocycles. The summed E-state index contributed by atoms with van der Waals surface area (Å²) in [6, 6.07) is 6.05. The van der Waals surface area contributed by atoms with Crippen LogP contribution in [0.5, 0.6) is 0 Å². The second-order valence-corrected chi connectivity index (χ2v) is 8.06. The number of primary sulfonamides is 1. The summed E-state index contributed by atoms with van der Waals surface area (Å²) in [5.41, 5.74) is 0.915. The van der Waals surface area contributed by atoms with Gasteiger partial charge in [-0.3, -0.25) is 0 Å². The first kappa shape index (κ1) is 18.1. The van der Waals surface area contributed by atoms with Gasteiger partial charge < -0.3 is 0 Å². The Morgan fingerprint density at radius 1 is 1.10 bits per heavy atom. The van der Waals surface area contributed by atoms with Gasteiger partial charge in [0.1, 0.15) is 0 Å². The third-order valence-electron chi connectivity index (χ3n) is 2.58. The minimum Gasteiger partial charge on any atom is -0.225 e. The summed E-state index contributed by atoms with van der Waals surface area (Å²) in [5, 5.41) is 5.00. The Morgan fingerprint density at radius 3 is 2.14 bits per heavy atom. The first-order valence-electron chi connectivity index (χ1n) is 6.49. The summed E-state index contributed by atoms with van der Waals surface area (Å²) < 4.78 is 50.1. The lowest BCUT2D eigenvalue weighted by Gasteiger charge is -2.10. The van der Waals surface area contributed by atoms with E-state index in [0.717, 1.165) is 5.56 Å². The highest BCUT2D eigenvalue weighted by Gasteiger charge is 2.10. The smallest absolute Gasteiger partial charge is 0.225 e. The number of nitrogens with two attached hydrogens (primary N) is 1. The Hall–Kier alpha value is -1.00. The molecule has 9 heteroatoms. The lowest BCUT2D eigenvalue weighted by molar-refractivity contribution is 0.552. The first-order valence-corrected chi connectivity index (χ1v) is 9.52. The molecule has 0 saturated heterocycles. The van der Waals surface area contributed by atoms with Crippen LogP contribution < -0.4 is 14.6 Å². The minimum atomic E-state index is -3.68. The predicted octanol–water partition coefficient (Wildman–Crippen LogP) is 0.0990. The number of benzene rings is 1. The molecule has 1 aromatic rings. The van der Waals surface area contributed by atoms with E-state index in [1.54, 1.807) is 26.0 Å². The van der Waals surface area contributed by atoms with Crippen LogP contribution in [0.15, 0.2) is 29.2 Å². The maximum Gasteiger partial charge on any atom is 0.277 e. The van der Waals surface area contributed by atoms with Crippen molar-refractivity contribution in [2.24, 2.45) is 5.14 Å². The molecule has 0 aliphatic rings. The van der Waals surface area contributed by atoms with E-state index in [-0.39, 0.29) is 10.9 Å². The summed E-state index contributed by atoms with van der Waals surface area (Å²) >= 11 is 0. The van der Waals surface area contributed by atoms with Crippen molar-refractivity contribution in [3.63, 3.8) is 0 Å². The molecular weight excluding hydrogens is 314 g/mol. The van der Waals surface area contributed by atoms with Gasteiger partial charge in [0.2, 0.25) is 10.0 Å². The molecule has 0 spiro atoms. The van der Waals surface area contributed by atoms with Crippen molar-refractivity contribution in [3.8, 4) is 0 Å². The second-order valence-electron chi connectivity index (χ2n) is 4.96. The largest absolute Gasteiger partial charge is 0.277 e. The van der Waals surface area contributed by atoms with Gasteiger partial charge in [-0.05, 0) is 44.4 Å². The van der Waals surface area contributed by atoms with Crippen molar-refractivity contribution in [3.05, 3.63) is 29.8 Å². The van der Waals surface area contributed by atoms with E-state index in [2.05, 4.69) is 9.44 Å². The second kappa shape index (κ2) is 7.32. The third-order valence-corrected chi connectivity index (χ3v) is 4.87. The third kappa shape index (κ3) is 7.00. The van der Waals surface area contributed by atoms with Crippen LogP contribution in [0.3, 0.4) is 0 Å². The molecule has 0 aromatic heterocycles. The van der Waals surface area contributed by atoms with Crippen LogP contribution in [0.4, 0.5) is 0 Å². The van der Waals surface area contributed by atoms with E-state index >= 15 is 0 Å². The average Bonchev–Trinajstić information content (AvgIpc) is 2.32. The maximum absolute atomic E-state index is 11.5. The monoisotopic (exact) mass is 335 g/mol. The molecule has 0 saturated carbocycles. The van der Waals surface area contributed by atoms with Crippen molar-refractivity contribution in [1.29, 1.82) is 0 Å². The zero-order valence-electron chi connectivity index (χ0n) is 12.0. The highest BCUT2D eigenvalue weighted by Crippen LogP contribution is 2.10. The summed E-state index contributed by atoms with van der Waals surface area (Å²) in [6.07, 6.45) is 1.24. The topological polar surface area (TPSA) is 118 Å². The lowest BCUT2D eigenvalue weighted by Crippen LogP contribution is -2.40. The molecular formula is C12H21N3O4S2. The maximum atomic E-state index is 11.5. The summed E-state index contributed by atoms with van der Waals surface area (Å²) in [7, 11) is -7.13. The summed E-state index contributed by atoms with van der Waals surface area (Å²) in [6.45, 7) is 3.79. The Balaban J connectivity index is 2.43. The van der Waals surface area contributed by atoms with Crippen LogP contribution in [0, 0.1) is 0 Å². The standard InChI is InChI=1S/C12H21N3O4S2/c1-10(2)15-21(18,19)14-9-3-4-11-5-7-12(8-6-11)20(13,16)17/h5-8,10,14-15H,3-4,9H2,1-2H3,(H2,13,16,17). The fraction of sp³-hybridized carbons (Fsp3) is 0.500. The van der Waals surface area contributed by atoms with Crippen LogP contribution in [0.2, 0.25) is 0 Å².